The number of hydrogen-bond acceptors (Lipinski definition) is 3. The molecule has 1 unspecified atom stereocenters. The fraction of sp³-hybridized carbons (Fsp3) is 0.278. The maximum absolute atomic E-state index is 12.0. The lowest BCUT2D eigenvalue weighted by Crippen LogP contribution is -2.33. The van der Waals surface area contributed by atoms with Crippen molar-refractivity contribution >= 4 is 28.9 Å². The number of rotatable bonds is 4. The Hall–Kier alpha value is -2.27. The average Bonchev–Trinajstić information content (AvgIpc) is 2.99. The Bertz CT molecular complexity index is 739. The van der Waals surface area contributed by atoms with E-state index in [-0.39, 0.29) is 17.7 Å². The van der Waals surface area contributed by atoms with Crippen LogP contribution < -0.4 is 5.32 Å². The number of thiophene rings is 1. The second-order valence-corrected chi connectivity index (χ2v) is 6.61. The van der Waals surface area contributed by atoms with E-state index in [1.165, 1.54) is 0 Å². The number of aliphatic imine (C=N–C) groups is 1. The van der Waals surface area contributed by atoms with Crippen LogP contribution in [0.4, 0.5) is 0 Å². The summed E-state index contributed by atoms with van der Waals surface area (Å²) in [7, 11) is 0. The molecule has 2 amide bonds. The van der Waals surface area contributed by atoms with Crippen LogP contribution in [0.2, 0.25) is 0 Å². The minimum atomic E-state index is -0.172. The van der Waals surface area contributed by atoms with Gasteiger partial charge in [-0.25, -0.2) is 4.99 Å². The van der Waals surface area contributed by atoms with Crippen molar-refractivity contribution < 1.29 is 9.59 Å². The maximum atomic E-state index is 12.0. The molecule has 0 radical (unpaired) electrons. The lowest BCUT2D eigenvalue weighted by atomic mass is 9.85. The fourth-order valence-electron chi connectivity index (χ4n) is 2.80. The van der Waals surface area contributed by atoms with Crippen molar-refractivity contribution in [3.05, 3.63) is 58.0 Å². The number of allylic oxidation sites excluding steroid dienone is 3. The van der Waals surface area contributed by atoms with E-state index in [0.717, 1.165) is 29.0 Å². The van der Waals surface area contributed by atoms with Gasteiger partial charge in [0.1, 0.15) is 0 Å². The average molecular weight is 326 g/mol. The minimum Gasteiger partial charge on any atom is -0.325 e. The highest BCUT2D eigenvalue weighted by Gasteiger charge is 2.25. The predicted octanol–water partition coefficient (Wildman–Crippen LogP) is 3.18. The first kappa shape index (κ1) is 15.6. The van der Waals surface area contributed by atoms with E-state index >= 15 is 0 Å². The molecule has 0 aromatic carbocycles. The van der Waals surface area contributed by atoms with E-state index in [4.69, 9.17) is 0 Å². The summed E-state index contributed by atoms with van der Waals surface area (Å²) in [6.45, 7) is 2.10. The molecule has 0 saturated carbocycles. The molecule has 1 aromatic heterocycles. The molecule has 23 heavy (non-hydrogen) atoms. The number of hydrogen-bond donors (Lipinski definition) is 1. The SMILES string of the molecule is CCCC1=CC(=O)NC2=CC(=NC(=O)Cc3cccs3)C=CC12. The van der Waals surface area contributed by atoms with Gasteiger partial charge in [-0.05, 0) is 30.0 Å². The predicted molar refractivity (Wildman–Crippen MR) is 92.3 cm³/mol. The normalized spacial score (nSPS) is 21.5. The van der Waals surface area contributed by atoms with Gasteiger partial charge in [-0.1, -0.05) is 31.1 Å². The Morgan fingerprint density at radius 1 is 1.39 bits per heavy atom. The lowest BCUT2D eigenvalue weighted by Gasteiger charge is -2.27. The summed E-state index contributed by atoms with van der Waals surface area (Å²) in [5.74, 6) is -0.177. The quantitative estimate of drug-likeness (QED) is 0.924. The highest BCUT2D eigenvalue weighted by molar-refractivity contribution is 7.10. The Morgan fingerprint density at radius 2 is 2.26 bits per heavy atom. The third-order valence-corrected chi connectivity index (χ3v) is 4.66. The Labute approximate surface area is 139 Å². The van der Waals surface area contributed by atoms with Gasteiger partial charge in [0.2, 0.25) is 5.91 Å². The van der Waals surface area contributed by atoms with Crippen molar-refractivity contribution in [2.45, 2.75) is 26.2 Å². The van der Waals surface area contributed by atoms with Crippen molar-refractivity contribution in [2.75, 3.05) is 0 Å². The van der Waals surface area contributed by atoms with E-state index in [1.807, 2.05) is 29.7 Å². The Morgan fingerprint density at radius 3 is 3.00 bits per heavy atom. The summed E-state index contributed by atoms with van der Waals surface area (Å²) in [4.78, 5) is 29.0. The topological polar surface area (TPSA) is 58.5 Å². The number of fused-ring (bicyclic) bond motifs is 1. The summed E-state index contributed by atoms with van der Waals surface area (Å²) >= 11 is 1.55. The van der Waals surface area contributed by atoms with Crippen molar-refractivity contribution in [1.29, 1.82) is 0 Å². The molecule has 1 N–H and O–H groups in total. The summed E-state index contributed by atoms with van der Waals surface area (Å²) < 4.78 is 0. The largest absolute Gasteiger partial charge is 0.325 e. The van der Waals surface area contributed by atoms with E-state index < -0.39 is 0 Å². The van der Waals surface area contributed by atoms with Crippen molar-refractivity contribution in [2.24, 2.45) is 10.9 Å². The molecule has 2 aliphatic rings. The number of carbonyl (C=O) groups excluding carboxylic acids is 2. The van der Waals surface area contributed by atoms with Crippen LogP contribution in [0.15, 0.2) is 58.1 Å². The monoisotopic (exact) mass is 326 g/mol. The van der Waals surface area contributed by atoms with E-state index in [1.54, 1.807) is 23.5 Å². The Balaban J connectivity index is 1.77. The standard InChI is InChI=1S/C18H18N2O2S/c1-2-4-12-9-17(21)20-16-10-13(6-7-15(12)16)19-18(22)11-14-5-3-8-23-14/h3,5-10,15H,2,4,11H2,1H3,(H,20,21). The zero-order valence-electron chi connectivity index (χ0n) is 12.9. The van der Waals surface area contributed by atoms with Gasteiger partial charge < -0.3 is 5.32 Å². The first-order valence-corrected chi connectivity index (χ1v) is 8.59. The van der Waals surface area contributed by atoms with Crippen LogP contribution in [0, 0.1) is 5.92 Å². The molecular formula is C18H18N2O2S. The molecule has 1 aliphatic carbocycles. The zero-order valence-corrected chi connectivity index (χ0v) is 13.7. The van der Waals surface area contributed by atoms with Crippen LogP contribution in [0.3, 0.4) is 0 Å². The molecule has 118 valence electrons. The molecular weight excluding hydrogens is 308 g/mol. The highest BCUT2D eigenvalue weighted by atomic mass is 32.1. The van der Waals surface area contributed by atoms with Gasteiger partial charge in [0.05, 0.1) is 12.1 Å². The van der Waals surface area contributed by atoms with Crippen molar-refractivity contribution in [3.63, 3.8) is 0 Å². The van der Waals surface area contributed by atoms with Gasteiger partial charge in [0.25, 0.3) is 5.91 Å². The zero-order chi connectivity index (χ0) is 16.2. The number of nitrogens with one attached hydrogen (secondary N) is 1. The van der Waals surface area contributed by atoms with Crippen molar-refractivity contribution in [1.82, 2.24) is 5.32 Å². The molecule has 0 fully saturated rings. The van der Waals surface area contributed by atoms with Gasteiger partial charge in [0.15, 0.2) is 0 Å². The molecule has 0 saturated heterocycles. The van der Waals surface area contributed by atoms with Crippen LogP contribution in [-0.2, 0) is 16.0 Å². The van der Waals surface area contributed by atoms with Crippen LogP contribution in [0.1, 0.15) is 24.6 Å². The van der Waals surface area contributed by atoms with Gasteiger partial charge in [-0.3, -0.25) is 9.59 Å². The summed E-state index contributed by atoms with van der Waals surface area (Å²) in [6, 6.07) is 3.85. The van der Waals surface area contributed by atoms with Gasteiger partial charge in [-0.15, -0.1) is 11.3 Å². The second-order valence-electron chi connectivity index (χ2n) is 5.58. The molecule has 0 bridgehead atoms. The number of amides is 2. The van der Waals surface area contributed by atoms with Gasteiger partial charge >= 0.3 is 0 Å². The summed E-state index contributed by atoms with van der Waals surface area (Å²) in [6.07, 6.45) is 9.56. The third-order valence-electron chi connectivity index (χ3n) is 3.78. The van der Waals surface area contributed by atoms with Crippen LogP contribution in [0.5, 0.6) is 0 Å². The molecule has 0 spiro atoms. The molecule has 4 nitrogen and oxygen atoms in total. The molecule has 5 heteroatoms. The molecule has 1 aromatic rings. The summed E-state index contributed by atoms with van der Waals surface area (Å²) in [5.41, 5.74) is 2.52. The van der Waals surface area contributed by atoms with E-state index in [2.05, 4.69) is 17.2 Å². The number of carbonyl (C=O) groups is 2. The molecule has 3 rings (SSSR count). The fourth-order valence-corrected chi connectivity index (χ4v) is 3.50. The molecule has 1 aliphatic heterocycles. The van der Waals surface area contributed by atoms with E-state index in [0.29, 0.717) is 12.1 Å². The lowest BCUT2D eigenvalue weighted by molar-refractivity contribution is -0.117. The first-order chi connectivity index (χ1) is 11.2. The smallest absolute Gasteiger partial charge is 0.251 e. The summed E-state index contributed by atoms with van der Waals surface area (Å²) in [5, 5.41) is 4.81. The van der Waals surface area contributed by atoms with Gasteiger partial charge in [-0.2, -0.15) is 0 Å². The Kier molecular flexibility index (Phi) is 4.67. The molecule has 1 atom stereocenters. The third kappa shape index (κ3) is 3.74. The van der Waals surface area contributed by atoms with E-state index in [9.17, 15) is 9.59 Å². The number of nitrogens with zero attached hydrogens (tertiary/aromatic N) is 1. The van der Waals surface area contributed by atoms with Crippen LogP contribution >= 0.6 is 11.3 Å². The minimum absolute atomic E-state index is 0.0963. The highest BCUT2D eigenvalue weighted by Crippen LogP contribution is 2.29. The van der Waals surface area contributed by atoms with Crippen LogP contribution in [-0.4, -0.2) is 17.5 Å². The first-order valence-electron chi connectivity index (χ1n) is 7.71. The van der Waals surface area contributed by atoms with Gasteiger partial charge in [0, 0.05) is 22.6 Å². The van der Waals surface area contributed by atoms with Crippen LogP contribution in [0.25, 0.3) is 0 Å². The molecule has 2 heterocycles. The van der Waals surface area contributed by atoms with Crippen molar-refractivity contribution in [3.8, 4) is 0 Å². The second kappa shape index (κ2) is 6.87. The maximum Gasteiger partial charge on any atom is 0.251 e.